The number of hydrogen-bond acceptors (Lipinski definition) is 2. The summed E-state index contributed by atoms with van der Waals surface area (Å²) >= 11 is 0. The van der Waals surface area contributed by atoms with Crippen LogP contribution in [0.2, 0.25) is 0 Å². The first kappa shape index (κ1) is 15.8. The fourth-order valence-corrected chi connectivity index (χ4v) is 0. The van der Waals surface area contributed by atoms with E-state index in [1.165, 1.54) is 0 Å². The summed E-state index contributed by atoms with van der Waals surface area (Å²) < 4.78 is 0. The van der Waals surface area contributed by atoms with Gasteiger partial charge in [0.1, 0.15) is 0 Å². The predicted molar refractivity (Wildman–Crippen MR) is 24.5 cm³/mol. The van der Waals surface area contributed by atoms with Crippen LogP contribution < -0.4 is 17.6 Å². The molecule has 0 fully saturated rings. The SMILES string of the molecule is N.NC(N)=O.[K]. The second kappa shape index (κ2) is 9.29. The zero-order chi connectivity index (χ0) is 3.58. The van der Waals surface area contributed by atoms with Gasteiger partial charge in [0.2, 0.25) is 0 Å². The minimum absolute atomic E-state index is 0. The molecule has 0 saturated carbocycles. The predicted octanol–water partition coefficient (Wildman–Crippen LogP) is -1.20. The molecule has 7 N–H and O–H groups in total. The van der Waals surface area contributed by atoms with E-state index in [1.54, 1.807) is 0 Å². The van der Waals surface area contributed by atoms with Gasteiger partial charge in [-0.1, -0.05) is 0 Å². The summed E-state index contributed by atoms with van der Waals surface area (Å²) in [5.74, 6) is 0. The van der Waals surface area contributed by atoms with E-state index in [9.17, 15) is 0 Å². The Morgan fingerprint density at radius 1 is 1.33 bits per heavy atom. The fraction of sp³-hybridized carbons (Fsp3) is 0. The van der Waals surface area contributed by atoms with Gasteiger partial charge in [-0.15, -0.1) is 0 Å². The average molecular weight is 116 g/mol. The number of carbonyl (C=O) groups excluding carboxylic acids is 1. The average Bonchev–Trinajstić information content (AvgIpc) is 0.811. The van der Waals surface area contributed by atoms with Crippen molar-refractivity contribution >= 4 is 57.4 Å². The Labute approximate surface area is 78.6 Å². The molecule has 5 heteroatoms. The van der Waals surface area contributed by atoms with Crippen LogP contribution in [0, 0.1) is 0 Å². The minimum atomic E-state index is -0.833. The zero-order valence-electron chi connectivity index (χ0n) is 3.77. The Bertz CT molecular complexity index is 33.8. The van der Waals surface area contributed by atoms with Gasteiger partial charge in [0.05, 0.1) is 0 Å². The molecule has 0 rings (SSSR count). The van der Waals surface area contributed by atoms with E-state index in [0.717, 1.165) is 0 Å². The second-order valence-electron chi connectivity index (χ2n) is 0.402. The van der Waals surface area contributed by atoms with Gasteiger partial charge < -0.3 is 17.6 Å². The van der Waals surface area contributed by atoms with Crippen LogP contribution in [0.3, 0.4) is 0 Å². The Hall–Kier alpha value is 0.866. The molecular formula is CH7KN3O. The number of hydrogen-bond donors (Lipinski definition) is 3. The van der Waals surface area contributed by atoms with E-state index in [2.05, 4.69) is 11.5 Å². The third kappa shape index (κ3) is 96.9. The molecule has 33 valence electrons. The van der Waals surface area contributed by atoms with Gasteiger partial charge in [-0.3, -0.25) is 0 Å². The van der Waals surface area contributed by atoms with Gasteiger partial charge in [-0.25, -0.2) is 4.79 Å². The number of urea groups is 1. The summed E-state index contributed by atoms with van der Waals surface area (Å²) in [4.78, 5) is 9.00. The standard InChI is InChI=1S/CH4N2O.K.H3N/c2-1(3)4;;/h(H4,2,3,4);;1H3. The number of carbonyl (C=O) groups is 1. The maximum Gasteiger partial charge on any atom is 0.309 e. The van der Waals surface area contributed by atoms with Crippen LogP contribution in [0.25, 0.3) is 0 Å². The Kier molecular flexibility index (Phi) is 24.5. The number of rotatable bonds is 0. The molecule has 0 aliphatic carbocycles. The van der Waals surface area contributed by atoms with Gasteiger partial charge in [-0.2, -0.15) is 0 Å². The van der Waals surface area contributed by atoms with Crippen LogP contribution in [-0.2, 0) is 0 Å². The fourth-order valence-electron chi connectivity index (χ4n) is 0. The van der Waals surface area contributed by atoms with Crippen LogP contribution >= 0.6 is 0 Å². The second-order valence-corrected chi connectivity index (χ2v) is 0.402. The number of amides is 2. The number of nitrogens with two attached hydrogens (primary N) is 2. The molecule has 0 bridgehead atoms. The molecule has 1 radical (unpaired) electrons. The van der Waals surface area contributed by atoms with Crippen molar-refractivity contribution < 1.29 is 4.79 Å². The van der Waals surface area contributed by atoms with Crippen LogP contribution in [0.4, 0.5) is 4.79 Å². The Balaban J connectivity index is -0.0000000450. The zero-order valence-corrected chi connectivity index (χ0v) is 6.89. The van der Waals surface area contributed by atoms with E-state index in [4.69, 9.17) is 4.79 Å². The molecule has 0 aromatic carbocycles. The van der Waals surface area contributed by atoms with Gasteiger partial charge >= 0.3 is 6.03 Å². The van der Waals surface area contributed by atoms with Crippen molar-refractivity contribution in [2.75, 3.05) is 0 Å². The molecule has 0 aliphatic heterocycles. The van der Waals surface area contributed by atoms with Crippen molar-refractivity contribution in [3.63, 3.8) is 0 Å². The summed E-state index contributed by atoms with van der Waals surface area (Å²) in [5, 5.41) is 0. The molecule has 0 atom stereocenters. The smallest absolute Gasteiger partial charge is 0.309 e. The maximum atomic E-state index is 9.00. The van der Waals surface area contributed by atoms with E-state index in [1.807, 2.05) is 0 Å². The van der Waals surface area contributed by atoms with Crippen molar-refractivity contribution in [2.24, 2.45) is 11.5 Å². The monoisotopic (exact) mass is 116 g/mol. The largest absolute Gasteiger partial charge is 0.352 e. The van der Waals surface area contributed by atoms with Gasteiger partial charge in [0.15, 0.2) is 0 Å². The minimum Gasteiger partial charge on any atom is -0.352 e. The van der Waals surface area contributed by atoms with Gasteiger partial charge in [0.25, 0.3) is 0 Å². The normalized spacial score (nSPS) is 4.00. The summed E-state index contributed by atoms with van der Waals surface area (Å²) in [5.41, 5.74) is 8.50. The van der Waals surface area contributed by atoms with E-state index in [-0.39, 0.29) is 57.5 Å². The van der Waals surface area contributed by atoms with Crippen molar-refractivity contribution in [3.8, 4) is 0 Å². The molecule has 0 aliphatic rings. The summed E-state index contributed by atoms with van der Waals surface area (Å²) in [6, 6.07) is -0.833. The van der Waals surface area contributed by atoms with Crippen LogP contribution in [-0.4, -0.2) is 57.4 Å². The van der Waals surface area contributed by atoms with Crippen LogP contribution in [0.5, 0.6) is 0 Å². The molecular weight excluding hydrogens is 109 g/mol. The van der Waals surface area contributed by atoms with Crippen molar-refractivity contribution in [1.29, 1.82) is 0 Å². The first-order valence-corrected chi connectivity index (χ1v) is 0.781. The molecule has 0 aromatic rings. The number of primary amides is 2. The Morgan fingerprint density at radius 2 is 1.33 bits per heavy atom. The van der Waals surface area contributed by atoms with Gasteiger partial charge in [0, 0.05) is 51.4 Å². The molecule has 0 spiro atoms. The summed E-state index contributed by atoms with van der Waals surface area (Å²) in [6.45, 7) is 0. The molecule has 0 heterocycles. The maximum absolute atomic E-state index is 9.00. The Morgan fingerprint density at radius 3 is 1.33 bits per heavy atom. The third-order valence-electron chi connectivity index (χ3n) is 0. The third-order valence-corrected chi connectivity index (χ3v) is 0. The quantitative estimate of drug-likeness (QED) is 0.346. The molecule has 4 nitrogen and oxygen atoms in total. The van der Waals surface area contributed by atoms with Crippen LogP contribution in [0.15, 0.2) is 0 Å². The van der Waals surface area contributed by atoms with E-state index >= 15 is 0 Å². The first-order chi connectivity index (χ1) is 1.73. The van der Waals surface area contributed by atoms with Crippen molar-refractivity contribution in [2.45, 2.75) is 0 Å². The van der Waals surface area contributed by atoms with Gasteiger partial charge in [-0.05, 0) is 0 Å². The van der Waals surface area contributed by atoms with Crippen LogP contribution in [0.1, 0.15) is 0 Å². The molecule has 2 amide bonds. The van der Waals surface area contributed by atoms with E-state index < -0.39 is 6.03 Å². The first-order valence-electron chi connectivity index (χ1n) is 0.781. The molecule has 6 heavy (non-hydrogen) atoms. The summed E-state index contributed by atoms with van der Waals surface area (Å²) in [7, 11) is 0. The molecule has 0 unspecified atom stereocenters. The molecule has 0 saturated heterocycles. The molecule has 0 aromatic heterocycles. The topological polar surface area (TPSA) is 104 Å². The van der Waals surface area contributed by atoms with Crippen molar-refractivity contribution in [1.82, 2.24) is 6.15 Å². The summed E-state index contributed by atoms with van der Waals surface area (Å²) in [6.07, 6.45) is 0. The van der Waals surface area contributed by atoms with E-state index in [0.29, 0.717) is 0 Å². The van der Waals surface area contributed by atoms with Crippen molar-refractivity contribution in [3.05, 3.63) is 0 Å².